The molecule has 0 aliphatic carbocycles. The Bertz CT molecular complexity index is 1110. The third-order valence-corrected chi connectivity index (χ3v) is 5.09. The first-order valence-electron chi connectivity index (χ1n) is 9.00. The summed E-state index contributed by atoms with van der Waals surface area (Å²) in [6.07, 6.45) is 0. The van der Waals surface area contributed by atoms with E-state index < -0.39 is 11.9 Å². The van der Waals surface area contributed by atoms with Crippen molar-refractivity contribution in [2.24, 2.45) is 0 Å². The van der Waals surface area contributed by atoms with Crippen molar-refractivity contribution in [2.45, 2.75) is 19.8 Å². The van der Waals surface area contributed by atoms with E-state index in [1.54, 1.807) is 26.0 Å². The number of ether oxygens (including phenoxy) is 2. The minimum absolute atomic E-state index is 0.265. The highest BCUT2D eigenvalue weighted by atomic mass is 35.5. The molecule has 5 nitrogen and oxygen atoms in total. The van der Waals surface area contributed by atoms with Gasteiger partial charge in [0.15, 0.2) is 0 Å². The lowest BCUT2D eigenvalue weighted by Gasteiger charge is -2.30. The van der Waals surface area contributed by atoms with Crippen LogP contribution in [0, 0.1) is 0 Å². The summed E-state index contributed by atoms with van der Waals surface area (Å²) in [7, 11) is 0. The van der Waals surface area contributed by atoms with Crippen molar-refractivity contribution >= 4 is 34.2 Å². The summed E-state index contributed by atoms with van der Waals surface area (Å²) in [6, 6.07) is 14.9. The highest BCUT2D eigenvalue weighted by Gasteiger charge is 2.37. The monoisotopic (exact) mass is 394 g/mol. The van der Waals surface area contributed by atoms with Gasteiger partial charge in [-0.3, -0.25) is 0 Å². The van der Waals surface area contributed by atoms with Gasteiger partial charge in [-0.2, -0.15) is 0 Å². The van der Waals surface area contributed by atoms with E-state index in [2.05, 4.69) is 4.98 Å². The standard InChI is InChI=1S/C22H19ClN2O3/c1-3-27-22(26)17-12(2)28-21-19(18(17)13-8-10-14(23)11-9-13)20(24)15-6-4-5-7-16(15)25-21/h4-11,18H,3H2,1-2H3,(H2,24,25). The molecule has 6 heteroatoms. The van der Waals surface area contributed by atoms with Gasteiger partial charge in [0.25, 0.3) is 0 Å². The number of allylic oxidation sites excluding steroid dienone is 1. The van der Waals surface area contributed by atoms with Gasteiger partial charge in [0, 0.05) is 10.4 Å². The van der Waals surface area contributed by atoms with Crippen molar-refractivity contribution in [3.63, 3.8) is 0 Å². The van der Waals surface area contributed by atoms with E-state index in [4.69, 9.17) is 26.8 Å². The Kier molecular flexibility index (Phi) is 4.69. The smallest absolute Gasteiger partial charge is 0.338 e. The van der Waals surface area contributed by atoms with E-state index in [0.29, 0.717) is 33.5 Å². The third kappa shape index (κ3) is 2.98. The number of aromatic nitrogens is 1. The minimum atomic E-state index is -0.461. The number of nitrogen functional groups attached to an aromatic ring is 1. The van der Waals surface area contributed by atoms with Crippen molar-refractivity contribution in [3.05, 3.63) is 76.0 Å². The first-order chi connectivity index (χ1) is 13.5. The van der Waals surface area contributed by atoms with Crippen LogP contribution < -0.4 is 10.5 Å². The molecule has 0 amide bonds. The highest BCUT2D eigenvalue weighted by Crippen LogP contribution is 2.47. The molecule has 4 rings (SSSR count). The zero-order chi connectivity index (χ0) is 19.8. The largest absolute Gasteiger partial charge is 0.463 e. The van der Waals surface area contributed by atoms with E-state index in [9.17, 15) is 4.79 Å². The molecular formula is C22H19ClN2O3. The second-order valence-corrected chi connectivity index (χ2v) is 6.97. The van der Waals surface area contributed by atoms with Crippen LogP contribution in [0.15, 0.2) is 59.9 Å². The molecule has 0 saturated carbocycles. The molecule has 3 aromatic rings. The molecule has 2 heterocycles. The summed E-state index contributed by atoms with van der Waals surface area (Å²) in [4.78, 5) is 17.4. The number of pyridine rings is 1. The molecule has 2 aromatic carbocycles. The maximum Gasteiger partial charge on any atom is 0.338 e. The normalized spacial score (nSPS) is 15.9. The molecule has 0 fully saturated rings. The van der Waals surface area contributed by atoms with E-state index in [-0.39, 0.29) is 6.61 Å². The molecule has 28 heavy (non-hydrogen) atoms. The number of nitrogens with two attached hydrogens (primary N) is 1. The number of esters is 1. The van der Waals surface area contributed by atoms with Gasteiger partial charge in [-0.15, -0.1) is 0 Å². The van der Waals surface area contributed by atoms with Crippen LogP contribution in [0.1, 0.15) is 30.9 Å². The van der Waals surface area contributed by atoms with E-state index in [1.807, 2.05) is 36.4 Å². The maximum absolute atomic E-state index is 12.8. The summed E-state index contributed by atoms with van der Waals surface area (Å²) in [6.45, 7) is 3.78. The fraction of sp³-hybridized carbons (Fsp3) is 0.182. The Morgan fingerprint density at radius 1 is 1.21 bits per heavy atom. The van der Waals surface area contributed by atoms with Crippen LogP contribution in [0.2, 0.25) is 5.02 Å². The summed E-state index contributed by atoms with van der Waals surface area (Å²) >= 11 is 6.07. The Hall–Kier alpha value is -3.05. The number of hydrogen-bond acceptors (Lipinski definition) is 5. The average molecular weight is 395 g/mol. The molecule has 0 spiro atoms. The molecule has 1 aliphatic rings. The predicted molar refractivity (Wildman–Crippen MR) is 109 cm³/mol. The van der Waals surface area contributed by atoms with Gasteiger partial charge in [0.2, 0.25) is 5.88 Å². The van der Waals surface area contributed by atoms with Crippen LogP contribution in [0.4, 0.5) is 5.69 Å². The Morgan fingerprint density at radius 3 is 2.64 bits per heavy atom. The van der Waals surface area contributed by atoms with Crippen molar-refractivity contribution in [1.82, 2.24) is 4.98 Å². The van der Waals surface area contributed by atoms with Crippen LogP contribution in [-0.2, 0) is 9.53 Å². The van der Waals surface area contributed by atoms with Crippen molar-refractivity contribution in [3.8, 4) is 5.88 Å². The molecule has 1 aliphatic heterocycles. The number of hydrogen-bond donors (Lipinski definition) is 1. The van der Waals surface area contributed by atoms with Crippen LogP contribution >= 0.6 is 11.6 Å². The summed E-state index contributed by atoms with van der Waals surface area (Å²) in [5.41, 5.74) is 9.77. The van der Waals surface area contributed by atoms with E-state index in [0.717, 1.165) is 16.5 Å². The topological polar surface area (TPSA) is 74.4 Å². The van der Waals surface area contributed by atoms with Crippen molar-refractivity contribution in [2.75, 3.05) is 12.3 Å². The Balaban J connectivity index is 2.01. The summed E-state index contributed by atoms with van der Waals surface area (Å²) in [5.74, 6) is -0.0369. The number of halogens is 1. The molecule has 0 radical (unpaired) electrons. The molecule has 142 valence electrons. The second kappa shape index (κ2) is 7.17. The number of carbonyl (C=O) groups is 1. The first kappa shape index (κ1) is 18.3. The van der Waals surface area contributed by atoms with Gasteiger partial charge in [0.1, 0.15) is 5.76 Å². The molecule has 1 unspecified atom stereocenters. The minimum Gasteiger partial charge on any atom is -0.463 e. The van der Waals surface area contributed by atoms with Gasteiger partial charge in [0.05, 0.1) is 34.9 Å². The fourth-order valence-corrected chi connectivity index (χ4v) is 3.72. The number of nitrogens with zero attached hydrogens (tertiary/aromatic N) is 1. The third-order valence-electron chi connectivity index (χ3n) is 4.84. The van der Waals surface area contributed by atoms with Crippen LogP contribution in [0.3, 0.4) is 0 Å². The number of benzene rings is 2. The van der Waals surface area contributed by atoms with E-state index >= 15 is 0 Å². The number of carbonyl (C=O) groups excluding carboxylic acids is 1. The average Bonchev–Trinajstić information content (AvgIpc) is 2.68. The Morgan fingerprint density at radius 2 is 1.93 bits per heavy atom. The SMILES string of the molecule is CCOC(=O)C1=C(C)Oc2nc3ccccc3c(N)c2C1c1ccc(Cl)cc1. The van der Waals surface area contributed by atoms with Crippen molar-refractivity contribution < 1.29 is 14.3 Å². The first-order valence-corrected chi connectivity index (χ1v) is 9.38. The van der Waals surface area contributed by atoms with Gasteiger partial charge >= 0.3 is 5.97 Å². The number of rotatable bonds is 3. The maximum atomic E-state index is 12.8. The zero-order valence-electron chi connectivity index (χ0n) is 15.5. The molecule has 0 bridgehead atoms. The van der Waals surface area contributed by atoms with Crippen LogP contribution in [-0.4, -0.2) is 17.6 Å². The Labute approximate surface area is 167 Å². The van der Waals surface area contributed by atoms with E-state index in [1.165, 1.54) is 0 Å². The number of para-hydroxylation sites is 1. The fourth-order valence-electron chi connectivity index (χ4n) is 3.59. The molecule has 0 saturated heterocycles. The lowest BCUT2D eigenvalue weighted by molar-refractivity contribution is -0.139. The lowest BCUT2D eigenvalue weighted by atomic mass is 9.82. The van der Waals surface area contributed by atoms with Crippen LogP contribution in [0.25, 0.3) is 10.9 Å². The second-order valence-electron chi connectivity index (χ2n) is 6.54. The molecule has 1 atom stereocenters. The van der Waals surface area contributed by atoms with Crippen LogP contribution in [0.5, 0.6) is 5.88 Å². The van der Waals surface area contributed by atoms with Gasteiger partial charge in [-0.25, -0.2) is 9.78 Å². The summed E-state index contributed by atoms with van der Waals surface area (Å²) in [5, 5.41) is 1.42. The van der Waals surface area contributed by atoms with Gasteiger partial charge in [-0.05, 0) is 37.6 Å². The highest BCUT2D eigenvalue weighted by molar-refractivity contribution is 6.30. The predicted octanol–water partition coefficient (Wildman–Crippen LogP) is 4.83. The quantitative estimate of drug-likeness (QED) is 0.644. The summed E-state index contributed by atoms with van der Waals surface area (Å²) < 4.78 is 11.2. The van der Waals surface area contributed by atoms with Crippen molar-refractivity contribution in [1.29, 1.82) is 0 Å². The molecule has 1 aromatic heterocycles. The number of fused-ring (bicyclic) bond motifs is 2. The number of anilines is 1. The van der Waals surface area contributed by atoms with Gasteiger partial charge in [-0.1, -0.05) is 41.9 Å². The van der Waals surface area contributed by atoms with Gasteiger partial charge < -0.3 is 15.2 Å². The molecule has 2 N–H and O–H groups in total. The zero-order valence-corrected chi connectivity index (χ0v) is 16.3. The lowest BCUT2D eigenvalue weighted by Crippen LogP contribution is -2.24. The molecular weight excluding hydrogens is 376 g/mol.